The van der Waals surface area contributed by atoms with Gasteiger partial charge >= 0.3 is 10.1 Å². The molecular formula is C15H14O5S. The van der Waals surface area contributed by atoms with Crippen molar-refractivity contribution in [2.45, 2.75) is 18.7 Å². The predicted molar refractivity (Wildman–Crippen MR) is 77.1 cm³/mol. The largest absolute Gasteiger partial charge is 0.507 e. The van der Waals surface area contributed by atoms with Gasteiger partial charge in [0.1, 0.15) is 16.4 Å². The van der Waals surface area contributed by atoms with Gasteiger partial charge < -0.3 is 9.29 Å². The third-order valence-corrected chi connectivity index (χ3v) is 4.12. The number of benzene rings is 2. The third kappa shape index (κ3) is 3.41. The number of carbonyl (C=O) groups is 1. The van der Waals surface area contributed by atoms with Crippen LogP contribution in [0, 0.1) is 6.92 Å². The molecule has 0 unspecified atom stereocenters. The number of ketones is 1. The van der Waals surface area contributed by atoms with Crippen LogP contribution in [0.4, 0.5) is 0 Å². The number of hydrogen-bond acceptors (Lipinski definition) is 5. The lowest BCUT2D eigenvalue weighted by molar-refractivity contribution is 0.101. The van der Waals surface area contributed by atoms with Gasteiger partial charge in [-0.1, -0.05) is 17.7 Å². The molecule has 0 saturated heterocycles. The molecule has 5 nitrogen and oxygen atoms in total. The van der Waals surface area contributed by atoms with Crippen LogP contribution >= 0.6 is 0 Å². The minimum atomic E-state index is -3.98. The van der Waals surface area contributed by atoms with E-state index in [2.05, 4.69) is 0 Å². The fraction of sp³-hybridized carbons (Fsp3) is 0.133. The Morgan fingerprint density at radius 3 is 2.29 bits per heavy atom. The molecule has 0 saturated carbocycles. The average Bonchev–Trinajstić information content (AvgIpc) is 2.41. The van der Waals surface area contributed by atoms with Crippen molar-refractivity contribution in [1.29, 1.82) is 0 Å². The summed E-state index contributed by atoms with van der Waals surface area (Å²) in [7, 11) is -3.98. The summed E-state index contributed by atoms with van der Waals surface area (Å²) in [6.45, 7) is 3.11. The van der Waals surface area contributed by atoms with Crippen LogP contribution in [-0.2, 0) is 10.1 Å². The van der Waals surface area contributed by atoms with E-state index in [9.17, 15) is 18.3 Å². The fourth-order valence-corrected chi connectivity index (χ4v) is 2.65. The Kier molecular flexibility index (Phi) is 3.99. The lowest BCUT2D eigenvalue weighted by atomic mass is 10.1. The van der Waals surface area contributed by atoms with Gasteiger partial charge in [0.15, 0.2) is 5.78 Å². The molecule has 0 heterocycles. The normalized spacial score (nSPS) is 11.1. The van der Waals surface area contributed by atoms with Crippen molar-refractivity contribution in [3.05, 3.63) is 53.6 Å². The zero-order valence-electron chi connectivity index (χ0n) is 11.5. The van der Waals surface area contributed by atoms with E-state index in [1.165, 1.54) is 37.3 Å². The van der Waals surface area contributed by atoms with E-state index in [0.717, 1.165) is 5.56 Å². The zero-order chi connectivity index (χ0) is 15.6. The van der Waals surface area contributed by atoms with E-state index in [-0.39, 0.29) is 27.7 Å². The number of aromatic hydroxyl groups is 1. The maximum atomic E-state index is 12.1. The summed E-state index contributed by atoms with van der Waals surface area (Å²) >= 11 is 0. The Bertz CT molecular complexity index is 776. The van der Waals surface area contributed by atoms with Crippen LogP contribution in [0.15, 0.2) is 47.4 Å². The molecule has 2 aromatic rings. The van der Waals surface area contributed by atoms with Gasteiger partial charge in [-0.05, 0) is 44.2 Å². The Hall–Kier alpha value is -2.34. The third-order valence-electron chi connectivity index (χ3n) is 2.86. The van der Waals surface area contributed by atoms with Crippen LogP contribution in [0.25, 0.3) is 0 Å². The second-order valence-corrected chi connectivity index (χ2v) is 6.13. The lowest BCUT2D eigenvalue weighted by Crippen LogP contribution is -2.10. The van der Waals surface area contributed by atoms with Crippen molar-refractivity contribution in [1.82, 2.24) is 0 Å². The Balaban J connectivity index is 2.35. The second-order valence-electron chi connectivity index (χ2n) is 4.59. The van der Waals surface area contributed by atoms with Gasteiger partial charge in [-0.15, -0.1) is 0 Å². The van der Waals surface area contributed by atoms with Crippen molar-refractivity contribution in [2.75, 3.05) is 0 Å². The highest BCUT2D eigenvalue weighted by molar-refractivity contribution is 7.87. The van der Waals surface area contributed by atoms with Crippen LogP contribution in [0.1, 0.15) is 22.8 Å². The van der Waals surface area contributed by atoms with E-state index in [1.54, 1.807) is 12.1 Å². The molecule has 0 aromatic heterocycles. The highest BCUT2D eigenvalue weighted by Crippen LogP contribution is 2.26. The number of aryl methyl sites for hydroxylation is 1. The fourth-order valence-electron chi connectivity index (χ4n) is 1.73. The monoisotopic (exact) mass is 306 g/mol. The van der Waals surface area contributed by atoms with Crippen LogP contribution < -0.4 is 4.18 Å². The molecule has 2 aromatic carbocycles. The number of Topliss-reactive ketones (excluding diaryl/α,β-unsaturated/α-hetero) is 1. The van der Waals surface area contributed by atoms with E-state index in [4.69, 9.17) is 4.18 Å². The Morgan fingerprint density at radius 1 is 1.10 bits per heavy atom. The van der Waals surface area contributed by atoms with Crippen molar-refractivity contribution in [2.24, 2.45) is 0 Å². The molecule has 21 heavy (non-hydrogen) atoms. The van der Waals surface area contributed by atoms with Gasteiger partial charge in [0.05, 0.1) is 5.56 Å². The van der Waals surface area contributed by atoms with Gasteiger partial charge in [0.2, 0.25) is 0 Å². The smallest absolute Gasteiger partial charge is 0.339 e. The number of carbonyl (C=O) groups excluding carboxylic acids is 1. The Morgan fingerprint density at radius 2 is 1.71 bits per heavy atom. The van der Waals surface area contributed by atoms with E-state index in [1.807, 2.05) is 6.92 Å². The Labute approximate surface area is 122 Å². The maximum absolute atomic E-state index is 12.1. The molecule has 0 aliphatic heterocycles. The minimum Gasteiger partial charge on any atom is -0.507 e. The summed E-state index contributed by atoms with van der Waals surface area (Å²) in [4.78, 5) is 11.3. The summed E-state index contributed by atoms with van der Waals surface area (Å²) < 4.78 is 29.2. The van der Waals surface area contributed by atoms with Gasteiger partial charge in [-0.3, -0.25) is 4.79 Å². The summed E-state index contributed by atoms with van der Waals surface area (Å²) in [6.07, 6.45) is 0. The average molecular weight is 306 g/mol. The van der Waals surface area contributed by atoms with Crippen LogP contribution in [-0.4, -0.2) is 19.3 Å². The van der Waals surface area contributed by atoms with Gasteiger partial charge in [-0.25, -0.2) is 0 Å². The standard InChI is InChI=1S/C15H14O5S/c1-10-3-6-13(7-4-10)21(18,19)20-12-5-8-15(17)14(9-12)11(2)16/h3-9,17H,1-2H3. The van der Waals surface area contributed by atoms with Crippen molar-refractivity contribution in [3.8, 4) is 11.5 Å². The first-order chi connectivity index (χ1) is 9.79. The van der Waals surface area contributed by atoms with Crippen molar-refractivity contribution in [3.63, 3.8) is 0 Å². The number of phenolic OH excluding ortho intramolecular Hbond substituents is 1. The highest BCUT2D eigenvalue weighted by atomic mass is 32.2. The molecule has 0 radical (unpaired) electrons. The van der Waals surface area contributed by atoms with E-state index in [0.29, 0.717) is 0 Å². The number of phenols is 1. The number of hydrogen-bond donors (Lipinski definition) is 1. The van der Waals surface area contributed by atoms with Gasteiger partial charge in [-0.2, -0.15) is 8.42 Å². The van der Waals surface area contributed by atoms with Crippen LogP contribution in [0.5, 0.6) is 11.5 Å². The molecule has 0 aliphatic rings. The zero-order valence-corrected chi connectivity index (χ0v) is 12.3. The molecule has 0 aliphatic carbocycles. The first-order valence-corrected chi connectivity index (χ1v) is 7.55. The second kappa shape index (κ2) is 5.57. The highest BCUT2D eigenvalue weighted by Gasteiger charge is 2.18. The summed E-state index contributed by atoms with van der Waals surface area (Å²) in [6, 6.07) is 9.91. The SMILES string of the molecule is CC(=O)c1cc(OS(=O)(=O)c2ccc(C)cc2)ccc1O. The topological polar surface area (TPSA) is 80.7 Å². The van der Waals surface area contributed by atoms with Crippen LogP contribution in [0.2, 0.25) is 0 Å². The lowest BCUT2D eigenvalue weighted by Gasteiger charge is -2.09. The summed E-state index contributed by atoms with van der Waals surface area (Å²) in [5, 5.41) is 9.53. The molecule has 110 valence electrons. The molecule has 0 fully saturated rings. The molecule has 0 atom stereocenters. The molecule has 2 rings (SSSR count). The van der Waals surface area contributed by atoms with Gasteiger partial charge in [0.25, 0.3) is 0 Å². The molecule has 0 spiro atoms. The quantitative estimate of drug-likeness (QED) is 0.694. The van der Waals surface area contributed by atoms with Gasteiger partial charge in [0, 0.05) is 0 Å². The molecule has 6 heteroatoms. The molecule has 1 N–H and O–H groups in total. The first kappa shape index (κ1) is 15.1. The summed E-state index contributed by atoms with van der Waals surface area (Å²) in [5.41, 5.74) is 0.934. The molecular weight excluding hydrogens is 292 g/mol. The molecule has 0 amide bonds. The summed E-state index contributed by atoms with van der Waals surface area (Å²) in [5.74, 6) is -0.633. The minimum absolute atomic E-state index is 0.00612. The predicted octanol–water partition coefficient (Wildman–Crippen LogP) is 2.67. The maximum Gasteiger partial charge on any atom is 0.339 e. The van der Waals surface area contributed by atoms with Crippen molar-refractivity contribution >= 4 is 15.9 Å². The van der Waals surface area contributed by atoms with Crippen molar-refractivity contribution < 1.29 is 22.5 Å². The number of rotatable bonds is 4. The van der Waals surface area contributed by atoms with E-state index < -0.39 is 10.1 Å². The van der Waals surface area contributed by atoms with E-state index >= 15 is 0 Å². The molecule has 0 bridgehead atoms. The first-order valence-electron chi connectivity index (χ1n) is 6.15. The van der Waals surface area contributed by atoms with Crippen LogP contribution in [0.3, 0.4) is 0 Å².